The van der Waals surface area contributed by atoms with Crippen molar-refractivity contribution in [2.45, 2.75) is 12.2 Å². The first-order chi connectivity index (χ1) is 6.56. The van der Waals surface area contributed by atoms with Gasteiger partial charge in [-0.3, -0.25) is 0 Å². The SMILES string of the molecule is COC(=O)C(O)C(O)c1cc(Br)c[nH]1. The van der Waals surface area contributed by atoms with Crippen LogP contribution in [0.1, 0.15) is 11.8 Å². The minimum atomic E-state index is -1.58. The van der Waals surface area contributed by atoms with Crippen LogP contribution in [-0.4, -0.2) is 34.4 Å². The van der Waals surface area contributed by atoms with Crippen LogP contribution in [0.25, 0.3) is 0 Å². The van der Waals surface area contributed by atoms with Gasteiger partial charge in [0.2, 0.25) is 0 Å². The van der Waals surface area contributed by atoms with Gasteiger partial charge in [0.25, 0.3) is 0 Å². The first-order valence-corrected chi connectivity index (χ1v) is 4.63. The molecule has 0 spiro atoms. The molecular weight excluding hydrogens is 254 g/mol. The molecule has 1 aromatic heterocycles. The van der Waals surface area contributed by atoms with E-state index >= 15 is 0 Å². The van der Waals surface area contributed by atoms with Gasteiger partial charge in [-0.25, -0.2) is 4.79 Å². The summed E-state index contributed by atoms with van der Waals surface area (Å²) in [5.74, 6) is -0.872. The number of esters is 1. The van der Waals surface area contributed by atoms with Crippen molar-refractivity contribution in [1.82, 2.24) is 4.98 Å². The normalized spacial score (nSPS) is 14.9. The fourth-order valence-corrected chi connectivity index (χ4v) is 1.34. The van der Waals surface area contributed by atoms with Gasteiger partial charge >= 0.3 is 5.97 Å². The van der Waals surface area contributed by atoms with Gasteiger partial charge in [0.1, 0.15) is 6.10 Å². The van der Waals surface area contributed by atoms with Crippen LogP contribution >= 0.6 is 15.9 Å². The molecule has 0 aliphatic rings. The van der Waals surface area contributed by atoms with Crippen LogP contribution in [0.3, 0.4) is 0 Å². The predicted octanol–water partition coefficient (Wildman–Crippen LogP) is 0.344. The highest BCUT2D eigenvalue weighted by Crippen LogP contribution is 2.20. The monoisotopic (exact) mass is 263 g/mol. The molecule has 0 saturated carbocycles. The van der Waals surface area contributed by atoms with E-state index in [1.165, 1.54) is 0 Å². The highest BCUT2D eigenvalue weighted by Gasteiger charge is 2.27. The molecule has 0 aromatic carbocycles. The summed E-state index contributed by atoms with van der Waals surface area (Å²) in [6.07, 6.45) is -1.30. The molecule has 0 aliphatic carbocycles. The number of carbonyl (C=O) groups is 1. The number of methoxy groups -OCH3 is 1. The molecule has 0 bridgehead atoms. The van der Waals surface area contributed by atoms with Crippen LogP contribution in [0.15, 0.2) is 16.7 Å². The standard InChI is InChI=1S/C8H10BrNO4/c1-14-8(13)7(12)6(11)5-2-4(9)3-10-5/h2-3,6-7,10-12H,1H3. The van der Waals surface area contributed by atoms with E-state index in [1.54, 1.807) is 12.3 Å². The highest BCUT2D eigenvalue weighted by molar-refractivity contribution is 9.10. The summed E-state index contributed by atoms with van der Waals surface area (Å²) >= 11 is 3.16. The molecule has 1 aromatic rings. The fraction of sp³-hybridized carbons (Fsp3) is 0.375. The molecule has 0 fully saturated rings. The smallest absolute Gasteiger partial charge is 0.337 e. The first kappa shape index (κ1) is 11.2. The maximum atomic E-state index is 10.9. The lowest BCUT2D eigenvalue weighted by Crippen LogP contribution is -2.29. The zero-order valence-electron chi connectivity index (χ0n) is 7.40. The second kappa shape index (κ2) is 4.59. The molecule has 78 valence electrons. The third-order valence-corrected chi connectivity index (χ3v) is 2.19. The molecule has 0 amide bonds. The first-order valence-electron chi connectivity index (χ1n) is 3.84. The number of aliphatic hydroxyl groups excluding tert-OH is 2. The molecule has 3 N–H and O–H groups in total. The zero-order chi connectivity index (χ0) is 10.7. The third-order valence-electron chi connectivity index (χ3n) is 1.73. The van der Waals surface area contributed by atoms with Crippen molar-refractivity contribution in [3.05, 3.63) is 22.4 Å². The van der Waals surface area contributed by atoms with E-state index in [4.69, 9.17) is 0 Å². The number of aromatic amines is 1. The molecule has 2 unspecified atom stereocenters. The average molecular weight is 264 g/mol. The minimum absolute atomic E-state index is 0.342. The zero-order valence-corrected chi connectivity index (χ0v) is 8.98. The Morgan fingerprint density at radius 3 is 2.71 bits per heavy atom. The Bertz CT molecular complexity index is 325. The van der Waals surface area contributed by atoms with Gasteiger partial charge in [-0.1, -0.05) is 0 Å². The van der Waals surface area contributed by atoms with Crippen LogP contribution in [0.4, 0.5) is 0 Å². The van der Waals surface area contributed by atoms with Gasteiger partial charge in [-0.05, 0) is 22.0 Å². The summed E-state index contributed by atoms with van der Waals surface area (Å²) in [6.45, 7) is 0. The molecule has 2 atom stereocenters. The summed E-state index contributed by atoms with van der Waals surface area (Å²) in [5.41, 5.74) is 0.342. The second-order valence-corrected chi connectivity index (χ2v) is 3.60. The molecule has 0 aliphatic heterocycles. The number of carbonyl (C=O) groups excluding carboxylic acids is 1. The quantitative estimate of drug-likeness (QED) is 0.688. The Morgan fingerprint density at radius 2 is 2.29 bits per heavy atom. The highest BCUT2D eigenvalue weighted by atomic mass is 79.9. The van der Waals surface area contributed by atoms with Crippen molar-refractivity contribution < 1.29 is 19.7 Å². The number of aliphatic hydroxyl groups is 2. The Labute approximate surface area is 88.8 Å². The summed E-state index contributed by atoms with van der Waals surface area (Å²) in [7, 11) is 1.14. The molecule has 5 nitrogen and oxygen atoms in total. The van der Waals surface area contributed by atoms with E-state index in [2.05, 4.69) is 25.7 Å². The predicted molar refractivity (Wildman–Crippen MR) is 51.5 cm³/mol. The fourth-order valence-electron chi connectivity index (χ4n) is 0.975. The molecule has 0 radical (unpaired) electrons. The van der Waals surface area contributed by atoms with Gasteiger partial charge in [-0.15, -0.1) is 0 Å². The van der Waals surface area contributed by atoms with Gasteiger partial charge in [0.05, 0.1) is 7.11 Å². The number of halogens is 1. The van der Waals surface area contributed by atoms with E-state index in [0.717, 1.165) is 11.6 Å². The van der Waals surface area contributed by atoms with Gasteiger partial charge in [0.15, 0.2) is 6.10 Å². The number of ether oxygens (including phenoxy) is 1. The van der Waals surface area contributed by atoms with Gasteiger partial charge < -0.3 is 19.9 Å². The maximum Gasteiger partial charge on any atom is 0.337 e. The number of hydrogen-bond acceptors (Lipinski definition) is 4. The van der Waals surface area contributed by atoms with E-state index in [0.29, 0.717) is 5.69 Å². The molecular formula is C8H10BrNO4. The topological polar surface area (TPSA) is 82.6 Å². The largest absolute Gasteiger partial charge is 0.467 e. The molecule has 0 saturated heterocycles. The molecule has 6 heteroatoms. The number of aromatic nitrogens is 1. The third kappa shape index (κ3) is 2.34. The Hall–Kier alpha value is -0.850. The van der Waals surface area contributed by atoms with Crippen molar-refractivity contribution in [3.63, 3.8) is 0 Å². The van der Waals surface area contributed by atoms with E-state index in [1.807, 2.05) is 0 Å². The van der Waals surface area contributed by atoms with Crippen molar-refractivity contribution >= 4 is 21.9 Å². The van der Waals surface area contributed by atoms with Crippen LogP contribution < -0.4 is 0 Å². The average Bonchev–Trinajstić information content (AvgIpc) is 2.61. The lowest BCUT2D eigenvalue weighted by molar-refractivity contribution is -0.157. The summed E-state index contributed by atoms with van der Waals surface area (Å²) in [6, 6.07) is 1.57. The van der Waals surface area contributed by atoms with Crippen molar-refractivity contribution in [3.8, 4) is 0 Å². The lowest BCUT2D eigenvalue weighted by Gasteiger charge is -2.13. The Kier molecular flexibility index (Phi) is 3.68. The van der Waals surface area contributed by atoms with Crippen molar-refractivity contribution in [2.24, 2.45) is 0 Å². The van der Waals surface area contributed by atoms with Crippen LogP contribution in [-0.2, 0) is 9.53 Å². The van der Waals surface area contributed by atoms with Crippen molar-refractivity contribution in [1.29, 1.82) is 0 Å². The molecule has 14 heavy (non-hydrogen) atoms. The number of nitrogens with one attached hydrogen (secondary N) is 1. The lowest BCUT2D eigenvalue weighted by atomic mass is 10.1. The second-order valence-electron chi connectivity index (χ2n) is 2.69. The van der Waals surface area contributed by atoms with Gasteiger partial charge in [-0.2, -0.15) is 0 Å². The summed E-state index contributed by atoms with van der Waals surface area (Å²) < 4.78 is 5.01. The van der Waals surface area contributed by atoms with Crippen molar-refractivity contribution in [2.75, 3.05) is 7.11 Å². The maximum absolute atomic E-state index is 10.9. The summed E-state index contributed by atoms with van der Waals surface area (Å²) in [5, 5.41) is 18.8. The number of H-pyrrole nitrogens is 1. The Morgan fingerprint density at radius 1 is 1.64 bits per heavy atom. The minimum Gasteiger partial charge on any atom is -0.467 e. The van der Waals surface area contributed by atoms with E-state index < -0.39 is 18.2 Å². The van der Waals surface area contributed by atoms with Crippen LogP contribution in [0, 0.1) is 0 Å². The Balaban J connectivity index is 2.74. The number of rotatable bonds is 3. The van der Waals surface area contributed by atoms with Gasteiger partial charge in [0, 0.05) is 16.4 Å². The van der Waals surface area contributed by atoms with Crippen LogP contribution in [0.5, 0.6) is 0 Å². The molecule has 1 rings (SSSR count). The van der Waals surface area contributed by atoms with E-state index in [-0.39, 0.29) is 0 Å². The van der Waals surface area contributed by atoms with Crippen LogP contribution in [0.2, 0.25) is 0 Å². The van der Waals surface area contributed by atoms with E-state index in [9.17, 15) is 15.0 Å². The summed E-state index contributed by atoms with van der Waals surface area (Å²) in [4.78, 5) is 13.6. The number of hydrogen-bond donors (Lipinski definition) is 3. The molecule has 1 heterocycles.